The molecule has 0 radical (unpaired) electrons. The van der Waals surface area contributed by atoms with Crippen LogP contribution in [0.4, 0.5) is 0 Å². The van der Waals surface area contributed by atoms with E-state index in [2.05, 4.69) is 0 Å². The highest BCUT2D eigenvalue weighted by Gasteiger charge is 2.24. The lowest BCUT2D eigenvalue weighted by Gasteiger charge is -2.15. The van der Waals surface area contributed by atoms with E-state index in [1.807, 2.05) is 12.1 Å². The molecule has 5 heteroatoms. The molecule has 1 aromatic carbocycles. The van der Waals surface area contributed by atoms with E-state index in [1.165, 1.54) is 4.73 Å². The fraction of sp³-hybridized carbons (Fsp3) is 0.357. The predicted molar refractivity (Wildman–Crippen MR) is 75.4 cm³/mol. The Balaban J connectivity index is 1.96. The predicted octanol–water partition coefficient (Wildman–Crippen LogP) is 1.96. The quantitative estimate of drug-likeness (QED) is 0.914. The van der Waals surface area contributed by atoms with Crippen molar-refractivity contribution in [1.29, 1.82) is 0 Å². The molecule has 2 aromatic rings. The van der Waals surface area contributed by atoms with E-state index in [-0.39, 0.29) is 17.7 Å². The maximum absolute atomic E-state index is 12.3. The number of nitrogens with zero attached hydrogens (tertiary/aromatic N) is 1. The van der Waals surface area contributed by atoms with Gasteiger partial charge >= 0.3 is 0 Å². The van der Waals surface area contributed by atoms with Crippen molar-refractivity contribution in [2.45, 2.75) is 31.4 Å². The van der Waals surface area contributed by atoms with Gasteiger partial charge in [-0.2, -0.15) is 4.73 Å². The first-order chi connectivity index (χ1) is 9.13. The lowest BCUT2D eigenvalue weighted by atomic mass is 10.2. The summed E-state index contributed by atoms with van der Waals surface area (Å²) in [6, 6.07) is 7.29. The number of rotatable bonds is 2. The molecule has 100 valence electrons. The van der Waals surface area contributed by atoms with E-state index in [0.717, 1.165) is 24.6 Å². The molecule has 0 aliphatic heterocycles. The van der Waals surface area contributed by atoms with Gasteiger partial charge in [-0.1, -0.05) is 17.7 Å². The maximum Gasteiger partial charge on any atom is 0.290 e. The summed E-state index contributed by atoms with van der Waals surface area (Å²) in [5.41, 5.74) is 5.66. The highest BCUT2D eigenvalue weighted by atomic mass is 35.5. The van der Waals surface area contributed by atoms with E-state index >= 15 is 0 Å². The minimum Gasteiger partial charge on any atom is -0.407 e. The summed E-state index contributed by atoms with van der Waals surface area (Å²) < 4.78 is 1.29. The average molecular weight is 279 g/mol. The third-order valence-corrected chi connectivity index (χ3v) is 3.76. The van der Waals surface area contributed by atoms with Gasteiger partial charge in [0.05, 0.1) is 5.39 Å². The number of fused-ring (bicyclic) bond motifs is 1. The van der Waals surface area contributed by atoms with E-state index in [0.29, 0.717) is 10.4 Å². The van der Waals surface area contributed by atoms with Gasteiger partial charge < -0.3 is 10.6 Å². The summed E-state index contributed by atoms with van der Waals surface area (Å²) >= 11 is 5.93. The van der Waals surface area contributed by atoms with E-state index in [9.17, 15) is 4.79 Å². The van der Waals surface area contributed by atoms with Gasteiger partial charge in [-0.25, -0.2) is 0 Å². The first-order valence-electron chi connectivity index (χ1n) is 6.37. The van der Waals surface area contributed by atoms with Crippen LogP contribution in [0.5, 0.6) is 0 Å². The Labute approximate surface area is 115 Å². The molecular formula is C14H15ClN2O2. The molecule has 2 N–H and O–H groups in total. The average Bonchev–Trinajstić information content (AvgIpc) is 2.79. The Morgan fingerprint density at radius 3 is 2.89 bits per heavy atom. The molecule has 19 heavy (non-hydrogen) atoms. The zero-order valence-corrected chi connectivity index (χ0v) is 11.1. The van der Waals surface area contributed by atoms with Crippen molar-refractivity contribution in [2.24, 2.45) is 5.73 Å². The van der Waals surface area contributed by atoms with Gasteiger partial charge in [0.1, 0.15) is 6.10 Å². The van der Waals surface area contributed by atoms with E-state index in [1.54, 1.807) is 18.3 Å². The Morgan fingerprint density at radius 2 is 2.16 bits per heavy atom. The van der Waals surface area contributed by atoms with Crippen LogP contribution >= 0.6 is 11.6 Å². The Morgan fingerprint density at radius 1 is 1.32 bits per heavy atom. The smallest absolute Gasteiger partial charge is 0.290 e. The number of aromatic nitrogens is 1. The van der Waals surface area contributed by atoms with Crippen LogP contribution in [0, 0.1) is 0 Å². The topological polar surface area (TPSA) is 57.2 Å². The summed E-state index contributed by atoms with van der Waals surface area (Å²) in [4.78, 5) is 18.0. The molecule has 0 unspecified atom stereocenters. The van der Waals surface area contributed by atoms with Gasteiger partial charge in [-0.3, -0.25) is 4.79 Å². The zero-order chi connectivity index (χ0) is 13.4. The molecule has 1 aromatic heterocycles. The Bertz CT molecular complexity index is 668. The maximum atomic E-state index is 12.3. The molecule has 4 nitrogen and oxygen atoms in total. The van der Waals surface area contributed by atoms with E-state index in [4.69, 9.17) is 22.2 Å². The Hall–Kier alpha value is -1.52. The molecule has 0 amide bonds. The number of nitrogens with two attached hydrogens (primary N) is 1. The highest BCUT2D eigenvalue weighted by Crippen LogP contribution is 2.19. The van der Waals surface area contributed by atoms with Crippen LogP contribution in [-0.2, 0) is 0 Å². The second-order valence-corrected chi connectivity index (χ2v) is 5.42. The molecule has 0 bridgehead atoms. The van der Waals surface area contributed by atoms with Crippen molar-refractivity contribution in [3.8, 4) is 0 Å². The first-order valence-corrected chi connectivity index (χ1v) is 6.75. The summed E-state index contributed by atoms with van der Waals surface area (Å²) in [6.45, 7) is 0. The van der Waals surface area contributed by atoms with Crippen LogP contribution in [0.25, 0.3) is 10.8 Å². The monoisotopic (exact) mass is 278 g/mol. The van der Waals surface area contributed by atoms with Crippen molar-refractivity contribution in [3.63, 3.8) is 0 Å². The molecular weight excluding hydrogens is 264 g/mol. The number of hydrogen-bond acceptors (Lipinski definition) is 3. The van der Waals surface area contributed by atoms with Gasteiger partial charge in [0.25, 0.3) is 5.56 Å². The van der Waals surface area contributed by atoms with Crippen LogP contribution in [0.2, 0.25) is 5.02 Å². The summed E-state index contributed by atoms with van der Waals surface area (Å²) in [7, 11) is 0. The fourth-order valence-electron chi connectivity index (χ4n) is 2.51. The van der Waals surface area contributed by atoms with Crippen LogP contribution in [0.15, 0.2) is 35.3 Å². The summed E-state index contributed by atoms with van der Waals surface area (Å²) in [5, 5.41) is 1.97. The van der Waals surface area contributed by atoms with Crippen molar-refractivity contribution in [3.05, 3.63) is 45.8 Å². The van der Waals surface area contributed by atoms with Gasteiger partial charge in [0.15, 0.2) is 0 Å². The van der Waals surface area contributed by atoms with Crippen LogP contribution in [0.3, 0.4) is 0 Å². The van der Waals surface area contributed by atoms with Crippen molar-refractivity contribution < 1.29 is 4.84 Å². The van der Waals surface area contributed by atoms with Crippen molar-refractivity contribution >= 4 is 22.4 Å². The van der Waals surface area contributed by atoms with Crippen molar-refractivity contribution in [1.82, 2.24) is 4.73 Å². The van der Waals surface area contributed by atoms with Gasteiger partial charge in [0, 0.05) is 23.7 Å². The van der Waals surface area contributed by atoms with Gasteiger partial charge in [0.2, 0.25) is 0 Å². The zero-order valence-electron chi connectivity index (χ0n) is 10.4. The third kappa shape index (κ3) is 2.46. The minimum atomic E-state index is -0.180. The molecule has 1 saturated carbocycles. The molecule has 1 aliphatic carbocycles. The summed E-state index contributed by atoms with van der Waals surface area (Å²) in [5.74, 6) is 0. The second-order valence-electron chi connectivity index (χ2n) is 4.98. The largest absolute Gasteiger partial charge is 0.407 e. The lowest BCUT2D eigenvalue weighted by Crippen LogP contribution is -2.32. The van der Waals surface area contributed by atoms with Crippen molar-refractivity contribution in [2.75, 3.05) is 0 Å². The number of halogens is 1. The normalized spacial score (nSPS) is 22.8. The number of pyridine rings is 1. The lowest BCUT2D eigenvalue weighted by molar-refractivity contribution is 0.0351. The Kier molecular flexibility index (Phi) is 3.21. The molecule has 0 saturated heterocycles. The molecule has 1 aliphatic rings. The fourth-order valence-corrected chi connectivity index (χ4v) is 2.68. The van der Waals surface area contributed by atoms with Gasteiger partial charge in [-0.05, 0) is 36.4 Å². The highest BCUT2D eigenvalue weighted by molar-refractivity contribution is 6.31. The molecule has 3 rings (SSSR count). The molecule has 0 spiro atoms. The minimum absolute atomic E-state index is 0.0179. The standard InChI is InChI=1S/C14H15ClN2O2/c15-10-2-1-9-5-6-17(14(18)13(9)7-10)19-12-4-3-11(16)8-12/h1-2,5-7,11-12H,3-4,8,16H2/t11-,12+/m1/s1. The van der Waals surface area contributed by atoms with Gasteiger partial charge in [-0.15, -0.1) is 0 Å². The molecule has 1 heterocycles. The van der Waals surface area contributed by atoms with Crippen LogP contribution in [-0.4, -0.2) is 16.9 Å². The van der Waals surface area contributed by atoms with Crippen LogP contribution < -0.4 is 16.1 Å². The second kappa shape index (κ2) is 4.87. The molecule has 2 atom stereocenters. The first kappa shape index (κ1) is 12.5. The number of hydrogen-bond donors (Lipinski definition) is 1. The number of benzene rings is 1. The SMILES string of the molecule is N[C@@H]1CC[C@H](On2ccc3ccc(Cl)cc3c2=O)C1. The van der Waals surface area contributed by atoms with Crippen LogP contribution in [0.1, 0.15) is 19.3 Å². The third-order valence-electron chi connectivity index (χ3n) is 3.52. The summed E-state index contributed by atoms with van der Waals surface area (Å²) in [6.07, 6.45) is 4.30. The van der Waals surface area contributed by atoms with E-state index < -0.39 is 0 Å². The molecule has 1 fully saturated rings.